The zero-order valence-electron chi connectivity index (χ0n) is 14.2. The van der Waals surface area contributed by atoms with Crippen molar-refractivity contribution in [2.75, 3.05) is 31.1 Å². The molecule has 0 radical (unpaired) electrons. The second-order valence-electron chi connectivity index (χ2n) is 7.28. The van der Waals surface area contributed by atoms with Gasteiger partial charge in [0.05, 0.1) is 24.3 Å². The van der Waals surface area contributed by atoms with Crippen LogP contribution in [0, 0.1) is 5.92 Å². The fraction of sp³-hybridized carbons (Fsp3) is 0.526. The Balaban J connectivity index is 1.29. The van der Waals surface area contributed by atoms with E-state index in [2.05, 4.69) is 27.2 Å². The number of carbonyl (C=O) groups is 1. The third-order valence-corrected chi connectivity index (χ3v) is 5.87. The van der Waals surface area contributed by atoms with Crippen LogP contribution in [0.2, 0.25) is 0 Å². The molecular formula is C19H22N4O2. The molecule has 0 aliphatic carbocycles. The summed E-state index contributed by atoms with van der Waals surface area (Å²) in [7, 11) is 0. The molecule has 0 saturated carbocycles. The Morgan fingerprint density at radius 1 is 1.12 bits per heavy atom. The van der Waals surface area contributed by atoms with E-state index in [0.29, 0.717) is 6.10 Å². The molecule has 25 heavy (non-hydrogen) atoms. The number of rotatable bonds is 2. The largest absolute Gasteiger partial charge is 0.374 e. The van der Waals surface area contributed by atoms with E-state index in [1.165, 1.54) is 0 Å². The van der Waals surface area contributed by atoms with Crippen LogP contribution >= 0.6 is 0 Å². The Morgan fingerprint density at radius 2 is 1.96 bits per heavy atom. The lowest BCUT2D eigenvalue weighted by atomic mass is 9.88. The van der Waals surface area contributed by atoms with E-state index in [1.54, 1.807) is 6.20 Å². The molecule has 0 spiro atoms. The molecular weight excluding hydrogens is 316 g/mol. The number of benzene rings is 1. The average Bonchev–Trinajstić information content (AvgIpc) is 3.31. The fourth-order valence-corrected chi connectivity index (χ4v) is 4.52. The molecule has 2 bridgehead atoms. The van der Waals surface area contributed by atoms with Crippen molar-refractivity contribution in [2.24, 2.45) is 5.92 Å². The molecule has 3 aliphatic rings. The molecule has 0 N–H and O–H groups in total. The summed E-state index contributed by atoms with van der Waals surface area (Å²) in [4.78, 5) is 17.1. The van der Waals surface area contributed by atoms with Crippen LogP contribution in [0.3, 0.4) is 0 Å². The van der Waals surface area contributed by atoms with Crippen LogP contribution in [0.25, 0.3) is 10.8 Å². The maximum Gasteiger partial charge on any atom is 0.228 e. The van der Waals surface area contributed by atoms with Gasteiger partial charge in [0.15, 0.2) is 5.82 Å². The van der Waals surface area contributed by atoms with Crippen molar-refractivity contribution in [3.63, 3.8) is 0 Å². The van der Waals surface area contributed by atoms with Crippen molar-refractivity contribution in [1.29, 1.82) is 0 Å². The number of aromatic nitrogens is 2. The molecule has 3 aliphatic heterocycles. The van der Waals surface area contributed by atoms with Gasteiger partial charge in [0.1, 0.15) is 0 Å². The standard InChI is InChI=1S/C19H22N4O2/c24-19(16-11-14-5-6-17(16)25-14)23-9-7-22(8-10-23)18-15-4-2-1-3-13(15)12-20-21-18/h1-4,12,14,16-17H,5-11H2. The number of amides is 1. The number of ether oxygens (including phenoxy) is 1. The Bertz CT molecular complexity index is 798. The van der Waals surface area contributed by atoms with Gasteiger partial charge in [-0.2, -0.15) is 5.10 Å². The van der Waals surface area contributed by atoms with Gasteiger partial charge in [-0.25, -0.2) is 0 Å². The van der Waals surface area contributed by atoms with Crippen molar-refractivity contribution >= 4 is 22.5 Å². The lowest BCUT2D eigenvalue weighted by Crippen LogP contribution is -2.51. The molecule has 4 heterocycles. The lowest BCUT2D eigenvalue weighted by molar-refractivity contribution is -0.137. The monoisotopic (exact) mass is 338 g/mol. The van der Waals surface area contributed by atoms with Gasteiger partial charge in [-0.1, -0.05) is 24.3 Å². The Kier molecular flexibility index (Phi) is 3.59. The normalized spacial score (nSPS) is 28.7. The molecule has 6 nitrogen and oxygen atoms in total. The predicted octanol–water partition coefficient (Wildman–Crippen LogP) is 1.85. The van der Waals surface area contributed by atoms with Crippen molar-refractivity contribution in [1.82, 2.24) is 15.1 Å². The van der Waals surface area contributed by atoms with Gasteiger partial charge in [0, 0.05) is 37.0 Å². The molecule has 6 heteroatoms. The van der Waals surface area contributed by atoms with E-state index in [-0.39, 0.29) is 17.9 Å². The van der Waals surface area contributed by atoms with Gasteiger partial charge in [-0.3, -0.25) is 4.79 Å². The van der Waals surface area contributed by atoms with Gasteiger partial charge in [0.25, 0.3) is 0 Å². The quantitative estimate of drug-likeness (QED) is 0.836. The van der Waals surface area contributed by atoms with Crippen LogP contribution in [0.5, 0.6) is 0 Å². The first-order valence-corrected chi connectivity index (χ1v) is 9.19. The van der Waals surface area contributed by atoms with Crippen molar-refractivity contribution < 1.29 is 9.53 Å². The maximum atomic E-state index is 12.8. The summed E-state index contributed by atoms with van der Waals surface area (Å²) >= 11 is 0. The van der Waals surface area contributed by atoms with E-state index in [9.17, 15) is 4.79 Å². The highest BCUT2D eigenvalue weighted by Crippen LogP contribution is 2.39. The number of hydrogen-bond acceptors (Lipinski definition) is 5. The summed E-state index contributed by atoms with van der Waals surface area (Å²) in [5.74, 6) is 1.30. The summed E-state index contributed by atoms with van der Waals surface area (Å²) < 4.78 is 5.86. The van der Waals surface area contributed by atoms with E-state index in [1.807, 2.05) is 17.0 Å². The van der Waals surface area contributed by atoms with Crippen molar-refractivity contribution in [3.8, 4) is 0 Å². The summed E-state index contributed by atoms with van der Waals surface area (Å²) in [5, 5.41) is 10.7. The summed E-state index contributed by atoms with van der Waals surface area (Å²) in [5.41, 5.74) is 0. The van der Waals surface area contributed by atoms with Crippen LogP contribution in [0.15, 0.2) is 30.5 Å². The third-order valence-electron chi connectivity index (χ3n) is 5.87. The molecule has 3 fully saturated rings. The number of fused-ring (bicyclic) bond motifs is 3. The smallest absolute Gasteiger partial charge is 0.228 e. The highest BCUT2D eigenvalue weighted by Gasteiger charge is 2.46. The second kappa shape index (κ2) is 5.95. The van der Waals surface area contributed by atoms with Crippen LogP contribution in [-0.2, 0) is 9.53 Å². The fourth-order valence-electron chi connectivity index (χ4n) is 4.52. The van der Waals surface area contributed by atoms with Crippen molar-refractivity contribution in [2.45, 2.75) is 31.5 Å². The first-order valence-electron chi connectivity index (χ1n) is 9.19. The lowest BCUT2D eigenvalue weighted by Gasteiger charge is -2.37. The van der Waals surface area contributed by atoms with Gasteiger partial charge < -0.3 is 14.5 Å². The summed E-state index contributed by atoms with van der Waals surface area (Å²) in [6.07, 6.45) is 5.38. The van der Waals surface area contributed by atoms with Crippen LogP contribution in [-0.4, -0.2) is 59.4 Å². The first kappa shape index (κ1) is 15.1. The molecule has 1 amide bonds. The third kappa shape index (κ3) is 2.56. The Morgan fingerprint density at radius 3 is 2.72 bits per heavy atom. The molecule has 5 rings (SSSR count). The minimum atomic E-state index is 0.0858. The highest BCUT2D eigenvalue weighted by atomic mass is 16.5. The molecule has 1 aromatic heterocycles. The summed E-state index contributed by atoms with van der Waals surface area (Å²) in [6.45, 7) is 3.10. The van der Waals surface area contributed by atoms with Gasteiger partial charge in [-0.05, 0) is 19.3 Å². The topological polar surface area (TPSA) is 58.6 Å². The van der Waals surface area contributed by atoms with Gasteiger partial charge in [-0.15, -0.1) is 5.10 Å². The molecule has 3 unspecified atom stereocenters. The van der Waals surface area contributed by atoms with Crippen LogP contribution in [0.4, 0.5) is 5.82 Å². The van der Waals surface area contributed by atoms with E-state index >= 15 is 0 Å². The average molecular weight is 338 g/mol. The summed E-state index contributed by atoms with van der Waals surface area (Å²) in [6, 6.07) is 8.19. The molecule has 130 valence electrons. The number of anilines is 1. The molecule has 1 aromatic carbocycles. The zero-order valence-corrected chi connectivity index (χ0v) is 14.2. The number of piperazine rings is 1. The number of hydrogen-bond donors (Lipinski definition) is 0. The molecule has 3 atom stereocenters. The van der Waals surface area contributed by atoms with Gasteiger partial charge in [0.2, 0.25) is 5.91 Å². The van der Waals surface area contributed by atoms with Crippen molar-refractivity contribution in [3.05, 3.63) is 30.5 Å². The second-order valence-corrected chi connectivity index (χ2v) is 7.28. The minimum absolute atomic E-state index is 0.0858. The number of nitrogens with zero attached hydrogens (tertiary/aromatic N) is 4. The van der Waals surface area contributed by atoms with E-state index < -0.39 is 0 Å². The first-order chi connectivity index (χ1) is 12.3. The Labute approximate surface area is 146 Å². The highest BCUT2D eigenvalue weighted by molar-refractivity contribution is 5.91. The molecule has 3 saturated heterocycles. The maximum absolute atomic E-state index is 12.8. The van der Waals surface area contributed by atoms with Crippen LogP contribution in [0.1, 0.15) is 19.3 Å². The van der Waals surface area contributed by atoms with E-state index in [4.69, 9.17) is 4.74 Å². The molecule has 2 aromatic rings. The van der Waals surface area contributed by atoms with E-state index in [0.717, 1.165) is 62.0 Å². The van der Waals surface area contributed by atoms with Gasteiger partial charge >= 0.3 is 0 Å². The zero-order chi connectivity index (χ0) is 16.8. The SMILES string of the molecule is O=C(C1CC2CCC1O2)N1CCN(c2nncc3ccccc23)CC1. The predicted molar refractivity (Wildman–Crippen MR) is 94.3 cm³/mol. The Hall–Kier alpha value is -2.21. The van der Waals surface area contributed by atoms with Crippen LogP contribution < -0.4 is 4.90 Å². The minimum Gasteiger partial charge on any atom is -0.374 e. The number of carbonyl (C=O) groups excluding carboxylic acids is 1.